The van der Waals surface area contributed by atoms with Crippen LogP contribution in [0.4, 0.5) is 18.9 Å². The number of nitrogens with zero attached hydrogens (tertiary/aromatic N) is 1. The number of nitrogens with one attached hydrogen (secondary N) is 1. The van der Waals surface area contributed by atoms with Crippen LogP contribution in [0.1, 0.15) is 22.8 Å². The minimum atomic E-state index is -1.74. The number of carbonyl (C=O) groups is 3. The summed E-state index contributed by atoms with van der Waals surface area (Å²) >= 11 is 0. The van der Waals surface area contributed by atoms with E-state index in [0.29, 0.717) is 22.9 Å². The summed E-state index contributed by atoms with van der Waals surface area (Å²) in [5.41, 5.74) is 0.702. The number of rotatable bonds is 5. The Labute approximate surface area is 163 Å². The van der Waals surface area contributed by atoms with Crippen molar-refractivity contribution in [1.29, 1.82) is 0 Å². The summed E-state index contributed by atoms with van der Waals surface area (Å²) in [6.07, 6.45) is -1.39. The van der Waals surface area contributed by atoms with Crippen molar-refractivity contribution in [3.63, 3.8) is 0 Å². The van der Waals surface area contributed by atoms with Crippen LogP contribution in [0.15, 0.2) is 43.0 Å². The van der Waals surface area contributed by atoms with Crippen molar-refractivity contribution in [2.24, 2.45) is 0 Å². The van der Waals surface area contributed by atoms with Crippen molar-refractivity contribution in [2.45, 2.75) is 13.0 Å². The van der Waals surface area contributed by atoms with Gasteiger partial charge in [0, 0.05) is 16.8 Å². The van der Waals surface area contributed by atoms with E-state index in [2.05, 4.69) is 6.58 Å². The van der Waals surface area contributed by atoms with Gasteiger partial charge >= 0.3 is 5.97 Å². The minimum absolute atomic E-state index is 0.323. The van der Waals surface area contributed by atoms with Gasteiger partial charge < -0.3 is 10.1 Å². The van der Waals surface area contributed by atoms with Crippen LogP contribution >= 0.6 is 0 Å². The lowest BCUT2D eigenvalue weighted by Gasteiger charge is -2.19. The minimum Gasteiger partial charge on any atom is -0.451 e. The SMILES string of the molecule is C=C1c2ccccc2C(=O)N1CC(=O)OC(C)C(=O)Nc1ccc(F)c(F)c1F. The highest BCUT2D eigenvalue weighted by molar-refractivity contribution is 6.10. The second-order valence-electron chi connectivity index (χ2n) is 6.23. The zero-order chi connectivity index (χ0) is 21.3. The Morgan fingerprint density at radius 2 is 1.76 bits per heavy atom. The molecule has 0 radical (unpaired) electrons. The fraction of sp³-hybridized carbons (Fsp3) is 0.150. The number of ether oxygens (including phenoxy) is 1. The molecule has 3 rings (SSSR count). The fourth-order valence-electron chi connectivity index (χ4n) is 2.78. The second kappa shape index (κ2) is 7.78. The van der Waals surface area contributed by atoms with Crippen LogP contribution in [-0.4, -0.2) is 35.3 Å². The van der Waals surface area contributed by atoms with Crippen LogP contribution in [0.2, 0.25) is 0 Å². The number of carbonyl (C=O) groups excluding carboxylic acids is 3. The first kappa shape index (κ1) is 20.1. The van der Waals surface area contributed by atoms with Gasteiger partial charge in [-0.1, -0.05) is 24.8 Å². The molecule has 0 aromatic heterocycles. The molecule has 0 saturated carbocycles. The Morgan fingerprint density at radius 1 is 1.10 bits per heavy atom. The van der Waals surface area contributed by atoms with Crippen LogP contribution in [0.3, 0.4) is 0 Å². The maximum Gasteiger partial charge on any atom is 0.326 e. The molecule has 29 heavy (non-hydrogen) atoms. The van der Waals surface area contributed by atoms with Crippen molar-refractivity contribution in [2.75, 3.05) is 11.9 Å². The van der Waals surface area contributed by atoms with Crippen molar-refractivity contribution in [3.05, 3.63) is 71.6 Å². The molecule has 2 aromatic carbocycles. The molecule has 6 nitrogen and oxygen atoms in total. The van der Waals surface area contributed by atoms with E-state index in [1.54, 1.807) is 24.3 Å². The molecule has 1 heterocycles. The molecule has 0 bridgehead atoms. The van der Waals surface area contributed by atoms with Crippen LogP contribution in [-0.2, 0) is 14.3 Å². The zero-order valence-electron chi connectivity index (χ0n) is 15.2. The summed E-state index contributed by atoms with van der Waals surface area (Å²) in [7, 11) is 0. The van der Waals surface area contributed by atoms with Gasteiger partial charge in [0.25, 0.3) is 11.8 Å². The molecule has 1 aliphatic heterocycles. The molecule has 150 valence electrons. The van der Waals surface area contributed by atoms with Crippen molar-refractivity contribution < 1.29 is 32.3 Å². The molecule has 1 unspecified atom stereocenters. The van der Waals surface area contributed by atoms with E-state index in [-0.39, 0.29) is 0 Å². The van der Waals surface area contributed by atoms with Gasteiger partial charge in [0.05, 0.1) is 5.69 Å². The summed E-state index contributed by atoms with van der Waals surface area (Å²) in [5, 5.41) is 2.01. The fourth-order valence-corrected chi connectivity index (χ4v) is 2.78. The number of hydrogen-bond acceptors (Lipinski definition) is 4. The monoisotopic (exact) mass is 404 g/mol. The number of esters is 1. The molecular formula is C20H15F3N2O4. The Kier molecular flexibility index (Phi) is 5.40. The number of amides is 2. The van der Waals surface area contributed by atoms with E-state index in [4.69, 9.17) is 4.74 Å². The van der Waals surface area contributed by atoms with Crippen molar-refractivity contribution in [3.8, 4) is 0 Å². The van der Waals surface area contributed by atoms with Crippen LogP contribution in [0.25, 0.3) is 5.70 Å². The Morgan fingerprint density at radius 3 is 2.41 bits per heavy atom. The van der Waals surface area contributed by atoms with E-state index in [9.17, 15) is 27.6 Å². The van der Waals surface area contributed by atoms with E-state index in [1.165, 1.54) is 6.92 Å². The van der Waals surface area contributed by atoms with Gasteiger partial charge in [-0.2, -0.15) is 0 Å². The average molecular weight is 404 g/mol. The Hall–Kier alpha value is -3.62. The number of anilines is 1. The first-order chi connectivity index (χ1) is 13.7. The van der Waals surface area contributed by atoms with Crippen LogP contribution in [0.5, 0.6) is 0 Å². The molecule has 9 heteroatoms. The highest BCUT2D eigenvalue weighted by Crippen LogP contribution is 2.30. The summed E-state index contributed by atoms with van der Waals surface area (Å²) in [6.45, 7) is 4.51. The zero-order valence-corrected chi connectivity index (χ0v) is 15.2. The lowest BCUT2D eigenvalue weighted by Crippen LogP contribution is -2.36. The summed E-state index contributed by atoms with van der Waals surface area (Å²) in [5.74, 6) is -7.01. The standard InChI is InChI=1S/C20H15F3N2O4/c1-10-12-5-3-4-6-13(12)20(28)25(10)9-16(26)29-11(2)19(27)24-15-8-7-14(21)17(22)18(15)23/h3-8,11H,1,9H2,2H3,(H,24,27). The smallest absolute Gasteiger partial charge is 0.326 e. The maximum absolute atomic E-state index is 13.6. The normalized spacial score (nSPS) is 13.9. The summed E-state index contributed by atoms with van der Waals surface area (Å²) in [6, 6.07) is 8.17. The molecule has 2 amide bonds. The molecular weight excluding hydrogens is 389 g/mol. The van der Waals surface area contributed by atoms with E-state index >= 15 is 0 Å². The second-order valence-corrected chi connectivity index (χ2v) is 6.23. The van der Waals surface area contributed by atoms with E-state index in [0.717, 1.165) is 11.0 Å². The third-order valence-corrected chi connectivity index (χ3v) is 4.30. The van der Waals surface area contributed by atoms with Crippen LogP contribution in [0, 0.1) is 17.5 Å². The predicted molar refractivity (Wildman–Crippen MR) is 97.0 cm³/mol. The molecule has 1 N–H and O–H groups in total. The number of benzene rings is 2. The number of halogens is 3. The molecule has 1 atom stereocenters. The highest BCUT2D eigenvalue weighted by Gasteiger charge is 2.33. The largest absolute Gasteiger partial charge is 0.451 e. The van der Waals surface area contributed by atoms with Crippen molar-refractivity contribution >= 4 is 29.2 Å². The topological polar surface area (TPSA) is 75.7 Å². The first-order valence-corrected chi connectivity index (χ1v) is 8.44. The lowest BCUT2D eigenvalue weighted by atomic mass is 10.1. The third-order valence-electron chi connectivity index (χ3n) is 4.30. The molecule has 0 fully saturated rings. The Bertz CT molecular complexity index is 1000. The maximum atomic E-state index is 13.6. The van der Waals surface area contributed by atoms with Crippen LogP contribution < -0.4 is 5.32 Å². The van der Waals surface area contributed by atoms with Gasteiger partial charge in [0.15, 0.2) is 23.6 Å². The predicted octanol–water partition coefficient (Wildman–Crippen LogP) is 3.10. The molecule has 0 spiro atoms. The van der Waals surface area contributed by atoms with Crippen molar-refractivity contribution in [1.82, 2.24) is 4.90 Å². The lowest BCUT2D eigenvalue weighted by molar-refractivity contribution is -0.153. The van der Waals surface area contributed by atoms with Gasteiger partial charge in [-0.05, 0) is 25.1 Å². The number of hydrogen-bond donors (Lipinski definition) is 1. The van der Waals surface area contributed by atoms with Gasteiger partial charge in [0.2, 0.25) is 0 Å². The molecule has 2 aromatic rings. The van der Waals surface area contributed by atoms with E-state index < -0.39 is 53.6 Å². The van der Waals surface area contributed by atoms with Gasteiger partial charge in [-0.25, -0.2) is 13.2 Å². The average Bonchev–Trinajstić information content (AvgIpc) is 2.93. The van der Waals surface area contributed by atoms with Gasteiger partial charge in [-0.15, -0.1) is 0 Å². The highest BCUT2D eigenvalue weighted by atomic mass is 19.2. The summed E-state index contributed by atoms with van der Waals surface area (Å²) < 4.78 is 44.8. The van der Waals surface area contributed by atoms with Gasteiger partial charge in [0.1, 0.15) is 6.54 Å². The third kappa shape index (κ3) is 3.84. The Balaban J connectivity index is 1.61. The number of fused-ring (bicyclic) bond motifs is 1. The summed E-state index contributed by atoms with van der Waals surface area (Å²) in [4.78, 5) is 37.7. The molecule has 0 saturated heterocycles. The van der Waals surface area contributed by atoms with E-state index in [1.807, 2.05) is 5.32 Å². The van der Waals surface area contributed by atoms with Gasteiger partial charge in [-0.3, -0.25) is 19.3 Å². The molecule has 0 aliphatic carbocycles. The first-order valence-electron chi connectivity index (χ1n) is 8.44. The molecule has 1 aliphatic rings. The quantitative estimate of drug-likeness (QED) is 0.614.